The molecule has 1 aliphatic rings. The number of amides is 2. The van der Waals surface area contributed by atoms with E-state index < -0.39 is 0 Å². The van der Waals surface area contributed by atoms with Crippen LogP contribution in [-0.4, -0.2) is 30.9 Å². The first-order valence-electron chi connectivity index (χ1n) is 8.69. The van der Waals surface area contributed by atoms with Crippen molar-refractivity contribution in [1.29, 1.82) is 0 Å². The molecule has 0 aromatic heterocycles. The van der Waals surface area contributed by atoms with E-state index in [9.17, 15) is 9.59 Å². The SMILES string of the molecule is CC(C)(C)CNC(=O)c1ccc(C(=O)NC2CCCC2CN)cc1.Cl. The molecule has 0 radical (unpaired) electrons. The van der Waals surface area contributed by atoms with Crippen molar-refractivity contribution in [1.82, 2.24) is 10.6 Å². The number of nitrogens with two attached hydrogens (primary N) is 1. The Morgan fingerprint density at radius 3 is 2.16 bits per heavy atom. The molecule has 4 N–H and O–H groups in total. The van der Waals surface area contributed by atoms with Gasteiger partial charge in [-0.25, -0.2) is 0 Å². The largest absolute Gasteiger partial charge is 0.352 e. The molecule has 6 heteroatoms. The molecule has 2 unspecified atom stereocenters. The van der Waals surface area contributed by atoms with Crippen molar-refractivity contribution in [3.63, 3.8) is 0 Å². The van der Waals surface area contributed by atoms with Crippen molar-refractivity contribution in [3.05, 3.63) is 35.4 Å². The Balaban J connectivity index is 0.00000312. The van der Waals surface area contributed by atoms with Gasteiger partial charge in [0, 0.05) is 23.7 Å². The van der Waals surface area contributed by atoms with Crippen molar-refractivity contribution in [3.8, 4) is 0 Å². The number of hydrogen-bond donors (Lipinski definition) is 3. The molecule has 25 heavy (non-hydrogen) atoms. The van der Waals surface area contributed by atoms with E-state index in [1.807, 2.05) is 0 Å². The van der Waals surface area contributed by atoms with Gasteiger partial charge in [-0.2, -0.15) is 0 Å². The lowest BCUT2D eigenvalue weighted by atomic mass is 9.97. The van der Waals surface area contributed by atoms with Crippen LogP contribution < -0.4 is 16.4 Å². The summed E-state index contributed by atoms with van der Waals surface area (Å²) in [6.07, 6.45) is 3.18. The van der Waals surface area contributed by atoms with Gasteiger partial charge < -0.3 is 16.4 Å². The molecule has 2 amide bonds. The zero-order valence-corrected chi connectivity index (χ0v) is 16.1. The second kappa shape index (κ2) is 9.20. The first-order chi connectivity index (χ1) is 11.3. The van der Waals surface area contributed by atoms with E-state index in [1.54, 1.807) is 24.3 Å². The molecular formula is C19H30ClN3O2. The summed E-state index contributed by atoms with van der Waals surface area (Å²) < 4.78 is 0. The Labute approximate surface area is 156 Å². The van der Waals surface area contributed by atoms with E-state index in [0.29, 0.717) is 30.1 Å². The van der Waals surface area contributed by atoms with Crippen molar-refractivity contribution in [2.24, 2.45) is 17.1 Å². The smallest absolute Gasteiger partial charge is 0.251 e. The standard InChI is InChI=1S/C19H29N3O2.ClH/c1-19(2,3)12-21-17(23)13-7-9-14(10-8-13)18(24)22-16-6-4-5-15(16)11-20;/h7-10,15-16H,4-6,11-12,20H2,1-3H3,(H,21,23)(H,22,24);1H. The number of benzene rings is 1. The fraction of sp³-hybridized carbons (Fsp3) is 0.579. The quantitative estimate of drug-likeness (QED) is 0.748. The van der Waals surface area contributed by atoms with Gasteiger partial charge in [0.1, 0.15) is 0 Å². The van der Waals surface area contributed by atoms with Gasteiger partial charge in [0.25, 0.3) is 11.8 Å². The Morgan fingerprint density at radius 1 is 1.08 bits per heavy atom. The van der Waals surface area contributed by atoms with Crippen LogP contribution >= 0.6 is 12.4 Å². The molecule has 0 bridgehead atoms. The van der Waals surface area contributed by atoms with Gasteiger partial charge in [0.05, 0.1) is 0 Å². The third-order valence-electron chi connectivity index (χ3n) is 4.47. The lowest BCUT2D eigenvalue weighted by Gasteiger charge is -2.20. The highest BCUT2D eigenvalue weighted by atomic mass is 35.5. The lowest BCUT2D eigenvalue weighted by molar-refractivity contribution is 0.0921. The fourth-order valence-electron chi connectivity index (χ4n) is 2.98. The van der Waals surface area contributed by atoms with Crippen molar-refractivity contribution in [2.45, 2.75) is 46.1 Å². The van der Waals surface area contributed by atoms with Crippen molar-refractivity contribution >= 4 is 24.2 Å². The molecule has 2 atom stereocenters. The van der Waals surface area contributed by atoms with E-state index in [-0.39, 0.29) is 35.7 Å². The zero-order chi connectivity index (χ0) is 17.7. The molecule has 0 heterocycles. The van der Waals surface area contributed by atoms with Crippen LogP contribution in [0.5, 0.6) is 0 Å². The topological polar surface area (TPSA) is 84.2 Å². The van der Waals surface area contributed by atoms with Gasteiger partial charge in [0.15, 0.2) is 0 Å². The minimum Gasteiger partial charge on any atom is -0.352 e. The van der Waals surface area contributed by atoms with Gasteiger partial charge in [-0.3, -0.25) is 9.59 Å². The molecule has 140 valence electrons. The Kier molecular flexibility index (Phi) is 7.90. The normalized spacial score (nSPS) is 19.8. The summed E-state index contributed by atoms with van der Waals surface area (Å²) in [5, 5.41) is 5.98. The minimum atomic E-state index is -0.115. The minimum absolute atomic E-state index is 0. The fourth-order valence-corrected chi connectivity index (χ4v) is 2.98. The average molecular weight is 368 g/mol. The second-order valence-electron chi connectivity index (χ2n) is 7.83. The molecule has 1 aliphatic carbocycles. The summed E-state index contributed by atoms with van der Waals surface area (Å²) >= 11 is 0. The summed E-state index contributed by atoms with van der Waals surface area (Å²) in [6, 6.07) is 6.96. The molecule has 1 aromatic rings. The molecule has 0 saturated heterocycles. The van der Waals surface area contributed by atoms with E-state index in [0.717, 1.165) is 19.3 Å². The summed E-state index contributed by atoms with van der Waals surface area (Å²) in [6.45, 7) is 7.42. The van der Waals surface area contributed by atoms with Crippen LogP contribution in [0.4, 0.5) is 0 Å². The maximum Gasteiger partial charge on any atom is 0.251 e. The van der Waals surface area contributed by atoms with Gasteiger partial charge in [0.2, 0.25) is 0 Å². The highest BCUT2D eigenvalue weighted by Gasteiger charge is 2.27. The van der Waals surface area contributed by atoms with Crippen molar-refractivity contribution in [2.75, 3.05) is 13.1 Å². The molecule has 0 spiro atoms. The van der Waals surface area contributed by atoms with Gasteiger partial charge in [-0.05, 0) is 55.0 Å². The molecule has 0 aliphatic heterocycles. The summed E-state index contributed by atoms with van der Waals surface area (Å²) in [4.78, 5) is 24.5. The van der Waals surface area contributed by atoms with Gasteiger partial charge >= 0.3 is 0 Å². The Hall–Kier alpha value is -1.59. The second-order valence-corrected chi connectivity index (χ2v) is 7.83. The first kappa shape index (κ1) is 21.5. The summed E-state index contributed by atoms with van der Waals surface area (Å²) in [5.74, 6) is 0.161. The van der Waals surface area contributed by atoms with Gasteiger partial charge in [-0.1, -0.05) is 27.2 Å². The van der Waals surface area contributed by atoms with Crippen LogP contribution in [0.1, 0.15) is 60.7 Å². The third kappa shape index (κ3) is 6.33. The number of carbonyl (C=O) groups is 2. The number of nitrogens with one attached hydrogen (secondary N) is 2. The van der Waals surface area contributed by atoms with Gasteiger partial charge in [-0.15, -0.1) is 12.4 Å². The maximum atomic E-state index is 12.3. The van der Waals surface area contributed by atoms with Crippen LogP contribution in [0, 0.1) is 11.3 Å². The molecular weight excluding hydrogens is 338 g/mol. The number of halogens is 1. The molecule has 1 fully saturated rings. The molecule has 2 rings (SSSR count). The monoisotopic (exact) mass is 367 g/mol. The average Bonchev–Trinajstić information content (AvgIpc) is 2.99. The summed E-state index contributed by atoms with van der Waals surface area (Å²) in [7, 11) is 0. The summed E-state index contributed by atoms with van der Waals surface area (Å²) in [5.41, 5.74) is 6.93. The molecule has 1 saturated carbocycles. The van der Waals surface area contributed by atoms with Crippen molar-refractivity contribution < 1.29 is 9.59 Å². The predicted octanol–water partition coefficient (Wildman–Crippen LogP) is 2.74. The molecule has 1 aromatic carbocycles. The van der Waals surface area contributed by atoms with Crippen LogP contribution in [0.2, 0.25) is 0 Å². The highest BCUT2D eigenvalue weighted by molar-refractivity contribution is 5.97. The van der Waals surface area contributed by atoms with E-state index in [1.165, 1.54) is 0 Å². The Morgan fingerprint density at radius 2 is 1.64 bits per heavy atom. The molecule has 5 nitrogen and oxygen atoms in total. The predicted molar refractivity (Wildman–Crippen MR) is 103 cm³/mol. The van der Waals surface area contributed by atoms with Crippen LogP contribution in [0.25, 0.3) is 0 Å². The number of carbonyl (C=O) groups excluding carboxylic acids is 2. The van der Waals surface area contributed by atoms with E-state index in [2.05, 4.69) is 31.4 Å². The lowest BCUT2D eigenvalue weighted by Crippen LogP contribution is -2.39. The van der Waals surface area contributed by atoms with Crippen LogP contribution in [-0.2, 0) is 0 Å². The van der Waals surface area contributed by atoms with E-state index in [4.69, 9.17) is 5.73 Å². The number of hydrogen-bond acceptors (Lipinski definition) is 3. The zero-order valence-electron chi connectivity index (χ0n) is 15.3. The van der Waals surface area contributed by atoms with E-state index >= 15 is 0 Å². The highest BCUT2D eigenvalue weighted by Crippen LogP contribution is 2.24. The third-order valence-corrected chi connectivity index (χ3v) is 4.47. The number of rotatable bonds is 5. The first-order valence-corrected chi connectivity index (χ1v) is 8.69. The van der Waals surface area contributed by atoms with Crippen LogP contribution in [0.15, 0.2) is 24.3 Å². The van der Waals surface area contributed by atoms with Crippen LogP contribution in [0.3, 0.4) is 0 Å². The Bertz CT molecular complexity index is 581. The maximum absolute atomic E-state index is 12.3.